The molecule has 0 unspecified atom stereocenters. The minimum Gasteiger partial charge on any atom is -0.255 e. The zero-order chi connectivity index (χ0) is 54.0. The molecular weight excluding hydrogens is 1020 g/mol. The molecule has 2 nitrogen and oxygen atoms in total. The van der Waals surface area contributed by atoms with Crippen molar-refractivity contribution in [3.63, 3.8) is 0 Å². The second-order valence-corrected chi connectivity index (χ2v) is 23.7. The Kier molecular flexibility index (Phi) is 56.9. The van der Waals surface area contributed by atoms with Gasteiger partial charge in [-0.15, -0.1) is 0 Å². The zero-order valence-electron chi connectivity index (χ0n) is 51.7. The number of unbranched alkanes of at least 4 members (excludes halogenated alkanes) is 45. The summed E-state index contributed by atoms with van der Waals surface area (Å²) in [6.45, 7) is 6.92. The molecule has 0 N–H and O–H groups in total. The van der Waals surface area contributed by atoms with Crippen LogP contribution < -0.4 is 0 Å². The van der Waals surface area contributed by atoms with E-state index in [4.69, 9.17) is 9.98 Å². The van der Waals surface area contributed by atoms with E-state index in [2.05, 4.69) is 99.8 Å². The first-order valence-corrected chi connectivity index (χ1v) is 34.4. The molecule has 0 aliphatic carbocycles. The molecule has 0 aliphatic rings. The molecule has 77 heavy (non-hydrogen) atoms. The number of aryl methyl sites for hydroxylation is 2. The second-order valence-electron chi connectivity index (χ2n) is 23.7. The Morgan fingerprint density at radius 2 is 0.558 bits per heavy atom. The molecular formula is C74H128N2Pd. The third kappa shape index (κ3) is 48.4. The van der Waals surface area contributed by atoms with E-state index in [1.807, 2.05) is 0 Å². The van der Waals surface area contributed by atoms with Gasteiger partial charge >= 0.3 is 0 Å². The Bertz CT molecular complexity index is 1620. The van der Waals surface area contributed by atoms with Gasteiger partial charge in [0.05, 0.1) is 17.1 Å². The van der Waals surface area contributed by atoms with Gasteiger partial charge in [0, 0.05) is 26.6 Å². The summed E-state index contributed by atoms with van der Waals surface area (Å²) in [6, 6.07) is 17.6. The molecule has 0 saturated heterocycles. The van der Waals surface area contributed by atoms with E-state index in [0.717, 1.165) is 49.2 Å². The number of benzene rings is 2. The van der Waals surface area contributed by atoms with Gasteiger partial charge < -0.3 is 0 Å². The van der Waals surface area contributed by atoms with E-state index in [1.54, 1.807) is 0 Å². The van der Waals surface area contributed by atoms with E-state index in [1.165, 1.54) is 319 Å². The maximum atomic E-state index is 5.34. The van der Waals surface area contributed by atoms with Crippen LogP contribution in [0.5, 0.6) is 0 Å². The summed E-state index contributed by atoms with van der Waals surface area (Å²) in [5.41, 5.74) is 6.02. The Labute approximate surface area is 495 Å². The van der Waals surface area contributed by atoms with Crippen molar-refractivity contribution in [2.24, 2.45) is 9.98 Å². The molecule has 0 bridgehead atoms. The topological polar surface area (TPSA) is 24.7 Å². The Morgan fingerprint density at radius 1 is 0.299 bits per heavy atom. The molecule has 2 aromatic carbocycles. The minimum atomic E-state index is 0. The molecule has 0 heterocycles. The number of rotatable bonds is 58. The van der Waals surface area contributed by atoms with Crippen molar-refractivity contribution < 1.29 is 20.4 Å². The first kappa shape index (κ1) is 72.9. The van der Waals surface area contributed by atoms with Gasteiger partial charge in [0.1, 0.15) is 0 Å². The molecule has 2 rings (SSSR count). The third-order valence-corrected chi connectivity index (χ3v) is 16.3. The summed E-state index contributed by atoms with van der Waals surface area (Å²) >= 11 is 0. The standard InChI is InChI=1S/C74H128N2.Pd/c1-4-7-10-13-16-18-20-22-24-26-28-30-32-34-36-38-40-42-44-46-48-50-52-55-62-70-64-58-60-67-73(70)75-69-72(66-57-54-15-12-9-6-3)76-74-68-61-59-65-71(74)63-56-53-51-49-47-45-43-41-39-37-35-33-31-29-27-25-23-21-19-17-14-11-8-5-2;/h50-53,58-61,64-65,67-69H,4-49,54-57,62-63,66H2,1-3H3;/b52-50+,53-51+,75-69?,76-72?;. The van der Waals surface area contributed by atoms with Gasteiger partial charge in [-0.3, -0.25) is 9.98 Å². The van der Waals surface area contributed by atoms with Crippen molar-refractivity contribution in [2.45, 2.75) is 361 Å². The van der Waals surface area contributed by atoms with Gasteiger partial charge in [-0.05, 0) is 87.5 Å². The Balaban J connectivity index is 0.0000296. The van der Waals surface area contributed by atoms with Crippen LogP contribution >= 0.6 is 0 Å². The fourth-order valence-corrected chi connectivity index (χ4v) is 11.2. The van der Waals surface area contributed by atoms with Gasteiger partial charge in [0.2, 0.25) is 0 Å². The van der Waals surface area contributed by atoms with Crippen molar-refractivity contribution in [3.8, 4) is 0 Å². The molecule has 0 aromatic heterocycles. The first-order valence-electron chi connectivity index (χ1n) is 34.4. The van der Waals surface area contributed by atoms with Crippen molar-refractivity contribution in [1.29, 1.82) is 0 Å². The number of hydrogen-bond donors (Lipinski definition) is 0. The van der Waals surface area contributed by atoms with E-state index in [0.29, 0.717) is 0 Å². The first-order chi connectivity index (χ1) is 37.8. The Morgan fingerprint density at radius 3 is 0.896 bits per heavy atom. The normalized spacial score (nSPS) is 12.1. The monoisotopic (exact) mass is 1150 g/mol. The van der Waals surface area contributed by atoms with Crippen molar-refractivity contribution in [1.82, 2.24) is 0 Å². The zero-order valence-corrected chi connectivity index (χ0v) is 53.2. The van der Waals surface area contributed by atoms with Crippen LogP contribution in [0.25, 0.3) is 0 Å². The number of aliphatic imine (C=N–C) groups is 2. The number of hydrogen-bond acceptors (Lipinski definition) is 2. The average molecular weight is 1150 g/mol. The van der Waals surface area contributed by atoms with Gasteiger partial charge in [0.25, 0.3) is 0 Å². The van der Waals surface area contributed by atoms with E-state index < -0.39 is 0 Å². The smallest absolute Gasteiger partial charge is 0.0665 e. The quantitative estimate of drug-likeness (QED) is 0.0273. The predicted molar refractivity (Wildman–Crippen MR) is 346 cm³/mol. The van der Waals surface area contributed by atoms with E-state index >= 15 is 0 Å². The number of nitrogens with zero attached hydrogens (tertiary/aromatic N) is 2. The molecule has 0 saturated carbocycles. The van der Waals surface area contributed by atoms with Gasteiger partial charge in [0.15, 0.2) is 0 Å². The minimum absolute atomic E-state index is 0. The van der Waals surface area contributed by atoms with E-state index in [-0.39, 0.29) is 20.4 Å². The summed E-state index contributed by atoms with van der Waals surface area (Å²) in [4.78, 5) is 10.5. The van der Waals surface area contributed by atoms with Crippen molar-refractivity contribution >= 4 is 23.3 Å². The summed E-state index contributed by atoms with van der Waals surface area (Å²) < 4.78 is 0. The predicted octanol–water partition coefficient (Wildman–Crippen LogP) is 26.3. The molecule has 0 aliphatic heterocycles. The van der Waals surface area contributed by atoms with Crippen LogP contribution in [0.15, 0.2) is 82.8 Å². The van der Waals surface area contributed by atoms with Crippen LogP contribution in [0.2, 0.25) is 0 Å². The second kappa shape index (κ2) is 60.0. The van der Waals surface area contributed by atoms with Crippen LogP contribution in [0.1, 0.15) is 359 Å². The average Bonchev–Trinajstić information content (AvgIpc) is 3.44. The Hall–Kier alpha value is -2.08. The largest absolute Gasteiger partial charge is 0.255 e. The molecule has 0 amide bonds. The molecule has 0 radical (unpaired) electrons. The van der Waals surface area contributed by atoms with Gasteiger partial charge in [-0.1, -0.05) is 358 Å². The van der Waals surface area contributed by atoms with Crippen LogP contribution in [0, 0.1) is 0 Å². The molecule has 2 aromatic rings. The maximum absolute atomic E-state index is 5.34. The molecule has 0 atom stereocenters. The summed E-state index contributed by atoms with van der Waals surface area (Å²) in [7, 11) is 0. The number of para-hydroxylation sites is 2. The molecule has 0 spiro atoms. The third-order valence-electron chi connectivity index (χ3n) is 16.3. The van der Waals surface area contributed by atoms with Crippen LogP contribution in [-0.2, 0) is 33.3 Å². The molecule has 0 fully saturated rings. The van der Waals surface area contributed by atoms with Crippen LogP contribution in [0.4, 0.5) is 11.4 Å². The fraction of sp³-hybridized carbons (Fsp3) is 0.757. The SMILES string of the molecule is CCCCCCCCCCCCCCCCCCCCCC/C=C/CCc1ccccc1N=CC(CCCCCCCC)=Nc1ccccc1CC/C=C/CCCCCCCCCCCCCCCCCCCCCC.[Pd]. The van der Waals surface area contributed by atoms with E-state index in [9.17, 15) is 0 Å². The van der Waals surface area contributed by atoms with Gasteiger partial charge in [-0.2, -0.15) is 0 Å². The van der Waals surface area contributed by atoms with Crippen molar-refractivity contribution in [3.05, 3.63) is 84.0 Å². The summed E-state index contributed by atoms with van der Waals surface area (Å²) in [5, 5.41) is 0. The maximum Gasteiger partial charge on any atom is 0.0665 e. The molecule has 444 valence electrons. The number of allylic oxidation sites excluding steroid dienone is 4. The van der Waals surface area contributed by atoms with Crippen LogP contribution in [-0.4, -0.2) is 11.9 Å². The fourth-order valence-electron chi connectivity index (χ4n) is 11.2. The summed E-state index contributed by atoms with van der Waals surface area (Å²) in [6.07, 6.45) is 84.8. The summed E-state index contributed by atoms with van der Waals surface area (Å²) in [5.74, 6) is 0. The van der Waals surface area contributed by atoms with Crippen molar-refractivity contribution in [2.75, 3.05) is 0 Å². The van der Waals surface area contributed by atoms with Crippen LogP contribution in [0.3, 0.4) is 0 Å². The van der Waals surface area contributed by atoms with Gasteiger partial charge in [-0.25, -0.2) is 0 Å². The molecule has 3 heteroatoms.